The van der Waals surface area contributed by atoms with Crippen LogP contribution in [0.25, 0.3) is 0 Å². The second-order valence-corrected chi connectivity index (χ2v) is 9.86. The van der Waals surface area contributed by atoms with E-state index in [1.807, 2.05) is 6.07 Å². The Hall–Kier alpha value is -2.35. The largest absolute Gasteiger partial charge is 0.489 e. The Morgan fingerprint density at radius 1 is 1.19 bits per heavy atom. The molecule has 0 unspecified atom stereocenters. The Kier molecular flexibility index (Phi) is 5.03. The summed E-state index contributed by atoms with van der Waals surface area (Å²) in [6.07, 6.45) is -0.0603. The molecule has 1 atom stereocenters. The Morgan fingerprint density at radius 3 is 2.44 bits per heavy atom. The zero-order valence-corrected chi connectivity index (χ0v) is 16.4. The second kappa shape index (κ2) is 6.99. The van der Waals surface area contributed by atoms with Gasteiger partial charge in [-0.15, -0.1) is 0 Å². The first-order valence-corrected chi connectivity index (χ1v) is 10.4. The summed E-state index contributed by atoms with van der Waals surface area (Å²) in [6.45, 7) is 5.04. The molecule has 1 fully saturated rings. The molecule has 0 radical (unpaired) electrons. The number of nitrogens with zero attached hydrogens (tertiary/aromatic N) is 1. The van der Waals surface area contributed by atoms with Gasteiger partial charge in [-0.05, 0) is 12.1 Å². The fraction of sp³-hybridized carbons (Fsp3) is 0.474. The summed E-state index contributed by atoms with van der Waals surface area (Å²) in [4.78, 5) is 25.4. The summed E-state index contributed by atoms with van der Waals surface area (Å²) in [7, 11) is -3.51. The van der Waals surface area contributed by atoms with Crippen molar-refractivity contribution in [1.29, 1.82) is 0 Å². The van der Waals surface area contributed by atoms with Crippen molar-refractivity contribution in [2.75, 3.05) is 19.0 Å². The van der Waals surface area contributed by atoms with Crippen molar-refractivity contribution in [3.8, 4) is 5.75 Å². The lowest BCUT2D eigenvalue weighted by Crippen LogP contribution is -2.60. The average molecular weight is 393 g/mol. The number of Topliss-reactive ketones (excluding diaryl/α,β-unsaturated/α-hetero) is 1. The van der Waals surface area contributed by atoms with Crippen LogP contribution in [0.2, 0.25) is 0 Å². The third kappa shape index (κ3) is 4.00. The third-order valence-electron chi connectivity index (χ3n) is 4.55. The number of hydrogen-bond acceptors (Lipinski definition) is 6. The lowest BCUT2D eigenvalue weighted by atomic mass is 9.91. The molecule has 8 heteroatoms. The molecular formula is C19H23NO6S. The zero-order chi connectivity index (χ0) is 19.8. The van der Waals surface area contributed by atoms with E-state index >= 15 is 0 Å². The minimum atomic E-state index is -3.51. The van der Waals surface area contributed by atoms with Gasteiger partial charge < -0.3 is 9.47 Å². The molecule has 1 saturated heterocycles. The van der Waals surface area contributed by atoms with E-state index in [2.05, 4.69) is 0 Å². The predicted octanol–water partition coefficient (Wildman–Crippen LogP) is 1.90. The van der Waals surface area contributed by atoms with E-state index in [0.717, 1.165) is 4.90 Å². The van der Waals surface area contributed by atoms with Crippen LogP contribution in [0.15, 0.2) is 41.8 Å². The number of ether oxygens (including phenoxy) is 2. The van der Waals surface area contributed by atoms with Crippen molar-refractivity contribution in [2.45, 2.75) is 32.6 Å². The highest BCUT2D eigenvalue weighted by Crippen LogP contribution is 2.37. The Labute approximate surface area is 158 Å². The molecule has 0 N–H and O–H groups in total. The van der Waals surface area contributed by atoms with Gasteiger partial charge in [0.15, 0.2) is 21.0 Å². The summed E-state index contributed by atoms with van der Waals surface area (Å²) >= 11 is 0. The normalized spacial score (nSPS) is 21.4. The number of carbonyl (C=O) groups excluding carboxylic acids is 2. The lowest BCUT2D eigenvalue weighted by molar-refractivity contribution is -0.145. The molecule has 2 aliphatic rings. The van der Waals surface area contributed by atoms with Crippen LogP contribution in [0.5, 0.6) is 5.75 Å². The molecule has 0 spiro atoms. The average Bonchev–Trinajstić information content (AvgIpc) is 2.58. The van der Waals surface area contributed by atoms with Crippen LogP contribution in [0, 0.1) is 5.41 Å². The summed E-state index contributed by atoms with van der Waals surface area (Å²) in [5, 5.41) is -0.912. The van der Waals surface area contributed by atoms with E-state index < -0.39 is 20.6 Å². The van der Waals surface area contributed by atoms with Crippen LogP contribution in [0.3, 0.4) is 0 Å². The summed E-state index contributed by atoms with van der Waals surface area (Å²) in [5.74, 6) is -0.0213. The Bertz CT molecular complexity index is 883. The van der Waals surface area contributed by atoms with Gasteiger partial charge in [-0.1, -0.05) is 39.0 Å². The number of sulfone groups is 1. The number of carbonyl (C=O) groups is 2. The van der Waals surface area contributed by atoms with Crippen LogP contribution < -0.4 is 4.74 Å². The lowest BCUT2D eigenvalue weighted by Gasteiger charge is -2.44. The fourth-order valence-corrected chi connectivity index (χ4v) is 4.62. The van der Waals surface area contributed by atoms with Gasteiger partial charge in [0.2, 0.25) is 11.8 Å². The predicted molar refractivity (Wildman–Crippen MR) is 98.4 cm³/mol. The van der Waals surface area contributed by atoms with E-state index in [1.54, 1.807) is 45.0 Å². The summed E-state index contributed by atoms with van der Waals surface area (Å²) in [5.41, 5.74) is -0.259. The molecule has 0 saturated carbocycles. The first-order chi connectivity index (χ1) is 12.6. The van der Waals surface area contributed by atoms with Gasteiger partial charge in [0.25, 0.3) is 0 Å². The second-order valence-electron chi connectivity index (χ2n) is 7.70. The number of para-hydroxylation sites is 1. The SMILES string of the molecule is CC(C)(C)C(=O)COC1=C(COc2ccccc2)CS(=O)(=O)[C@H]2CC(=O)N12. The van der Waals surface area contributed by atoms with E-state index in [4.69, 9.17) is 9.47 Å². The fourth-order valence-electron chi connectivity index (χ4n) is 2.80. The Balaban J connectivity index is 1.86. The summed E-state index contributed by atoms with van der Waals surface area (Å²) in [6, 6.07) is 8.94. The van der Waals surface area contributed by atoms with Gasteiger partial charge >= 0.3 is 0 Å². The van der Waals surface area contributed by atoms with Crippen molar-refractivity contribution >= 4 is 21.5 Å². The summed E-state index contributed by atoms with van der Waals surface area (Å²) < 4.78 is 36.2. The maximum absolute atomic E-state index is 12.4. The van der Waals surface area contributed by atoms with Crippen LogP contribution in [-0.4, -0.2) is 49.3 Å². The molecule has 2 aliphatic heterocycles. The number of rotatable bonds is 6. The molecule has 1 aromatic rings. The zero-order valence-electron chi connectivity index (χ0n) is 15.6. The maximum atomic E-state index is 12.4. The number of benzene rings is 1. The molecule has 146 valence electrons. The number of β-lactam (4-membered cyclic amide) rings is 1. The first kappa shape index (κ1) is 19.4. The molecule has 0 aliphatic carbocycles. The first-order valence-electron chi connectivity index (χ1n) is 8.69. The third-order valence-corrected chi connectivity index (χ3v) is 6.51. The highest BCUT2D eigenvalue weighted by Gasteiger charge is 2.52. The van der Waals surface area contributed by atoms with Gasteiger partial charge in [0.05, 0.1) is 12.2 Å². The van der Waals surface area contributed by atoms with Crippen LogP contribution in [-0.2, 0) is 24.2 Å². The molecule has 7 nitrogen and oxygen atoms in total. The quantitative estimate of drug-likeness (QED) is 0.686. The van der Waals surface area contributed by atoms with E-state index in [9.17, 15) is 18.0 Å². The Morgan fingerprint density at radius 2 is 1.85 bits per heavy atom. The molecule has 0 bridgehead atoms. The molecule has 0 aromatic heterocycles. The number of amides is 1. The molecule has 2 heterocycles. The molecule has 1 amide bonds. The highest BCUT2D eigenvalue weighted by molar-refractivity contribution is 7.92. The van der Waals surface area contributed by atoms with Gasteiger partial charge in [-0.2, -0.15) is 0 Å². The smallest absolute Gasteiger partial charge is 0.233 e. The van der Waals surface area contributed by atoms with E-state index in [1.165, 1.54) is 0 Å². The van der Waals surface area contributed by atoms with Gasteiger partial charge in [-0.25, -0.2) is 8.42 Å². The van der Waals surface area contributed by atoms with Crippen molar-refractivity contribution in [3.63, 3.8) is 0 Å². The topological polar surface area (TPSA) is 90.0 Å². The number of hydrogen-bond donors (Lipinski definition) is 0. The van der Waals surface area contributed by atoms with E-state index in [-0.39, 0.29) is 43.0 Å². The standard InChI is InChI=1S/C19H23NO6S/c1-19(2,3)15(21)11-26-18-13(10-25-14-7-5-4-6-8-14)12-27(23,24)17-9-16(22)20(17)18/h4-8,17H,9-12H2,1-3H3/t17-/m0/s1. The van der Waals surface area contributed by atoms with Gasteiger partial charge in [0.1, 0.15) is 19.0 Å². The minimum absolute atomic E-state index is 0.0429. The minimum Gasteiger partial charge on any atom is -0.489 e. The molecular weight excluding hydrogens is 370 g/mol. The monoisotopic (exact) mass is 393 g/mol. The number of fused-ring (bicyclic) bond motifs is 1. The van der Waals surface area contributed by atoms with Crippen LogP contribution >= 0.6 is 0 Å². The number of ketones is 1. The highest BCUT2D eigenvalue weighted by atomic mass is 32.2. The van der Waals surface area contributed by atoms with Crippen LogP contribution in [0.4, 0.5) is 0 Å². The van der Waals surface area contributed by atoms with E-state index in [0.29, 0.717) is 11.3 Å². The maximum Gasteiger partial charge on any atom is 0.233 e. The van der Waals surface area contributed by atoms with Crippen molar-refractivity contribution < 1.29 is 27.5 Å². The van der Waals surface area contributed by atoms with Gasteiger partial charge in [0, 0.05) is 11.0 Å². The molecule has 1 aromatic carbocycles. The van der Waals surface area contributed by atoms with Crippen molar-refractivity contribution in [2.24, 2.45) is 5.41 Å². The molecule has 3 rings (SSSR count). The van der Waals surface area contributed by atoms with Crippen molar-refractivity contribution in [3.05, 3.63) is 41.8 Å². The van der Waals surface area contributed by atoms with Crippen molar-refractivity contribution in [1.82, 2.24) is 4.90 Å². The molecule has 27 heavy (non-hydrogen) atoms. The van der Waals surface area contributed by atoms with Gasteiger partial charge in [-0.3, -0.25) is 14.5 Å². The van der Waals surface area contributed by atoms with Crippen LogP contribution in [0.1, 0.15) is 27.2 Å².